The molecule has 1 fully saturated rings. The molecule has 1 aromatic heterocycles. The highest BCUT2D eigenvalue weighted by molar-refractivity contribution is 5.89. The Morgan fingerprint density at radius 2 is 1.70 bits per heavy atom. The fourth-order valence-electron chi connectivity index (χ4n) is 4.26. The van der Waals surface area contributed by atoms with E-state index in [9.17, 15) is 14.4 Å². The molecule has 2 heterocycles. The molecule has 2 aromatic carbocycles. The Balaban J connectivity index is 1.55. The Morgan fingerprint density at radius 3 is 2.39 bits per heavy atom. The van der Waals surface area contributed by atoms with Gasteiger partial charge in [0.25, 0.3) is 0 Å². The number of piperazine rings is 1. The van der Waals surface area contributed by atoms with Gasteiger partial charge in [-0.25, -0.2) is 9.78 Å². The quantitative estimate of drug-likeness (QED) is 0.561. The topological polar surface area (TPSA) is 75.5 Å². The van der Waals surface area contributed by atoms with Crippen LogP contribution in [-0.4, -0.2) is 56.8 Å². The summed E-state index contributed by atoms with van der Waals surface area (Å²) in [6, 6.07) is 19.3. The molecule has 170 valence electrons. The first-order valence-corrected chi connectivity index (χ1v) is 11.3. The number of rotatable bonds is 7. The highest BCUT2D eigenvalue weighted by Gasteiger charge is 2.37. The standard InChI is InChI=1S/C26H28N4O3/c1-2-14-28-16-17-30(24(31)19-29-15-6-13-27-26(29)33)23(25(28)32)18-20-9-11-22(12-10-20)21-7-4-3-5-8-21/h3-13,15,23H,2,14,16-19H2,1H3/t23-/m0/s1. The molecule has 1 saturated heterocycles. The van der Waals surface area contributed by atoms with Crippen molar-refractivity contribution in [1.82, 2.24) is 19.4 Å². The zero-order valence-electron chi connectivity index (χ0n) is 18.8. The molecule has 1 aliphatic heterocycles. The van der Waals surface area contributed by atoms with Crippen molar-refractivity contribution in [3.05, 3.63) is 89.1 Å². The summed E-state index contributed by atoms with van der Waals surface area (Å²) in [5, 5.41) is 0. The zero-order chi connectivity index (χ0) is 23.2. The van der Waals surface area contributed by atoms with Gasteiger partial charge in [-0.2, -0.15) is 0 Å². The number of hydrogen-bond acceptors (Lipinski definition) is 4. The number of nitrogens with zero attached hydrogens (tertiary/aromatic N) is 4. The number of carbonyl (C=O) groups excluding carboxylic acids is 2. The number of aromatic nitrogens is 2. The predicted molar refractivity (Wildman–Crippen MR) is 126 cm³/mol. The molecule has 4 rings (SSSR count). The molecule has 0 radical (unpaired) electrons. The first kappa shape index (κ1) is 22.5. The third-order valence-electron chi connectivity index (χ3n) is 5.98. The van der Waals surface area contributed by atoms with Crippen LogP contribution in [0.5, 0.6) is 0 Å². The van der Waals surface area contributed by atoms with Crippen molar-refractivity contribution in [1.29, 1.82) is 0 Å². The van der Waals surface area contributed by atoms with Gasteiger partial charge in [-0.3, -0.25) is 14.2 Å². The average molecular weight is 445 g/mol. The van der Waals surface area contributed by atoms with Gasteiger partial charge in [0.1, 0.15) is 12.6 Å². The first-order valence-electron chi connectivity index (χ1n) is 11.3. The molecule has 2 amide bonds. The maximum Gasteiger partial charge on any atom is 0.347 e. The molecular formula is C26H28N4O3. The van der Waals surface area contributed by atoms with Gasteiger partial charge in [-0.15, -0.1) is 0 Å². The second kappa shape index (κ2) is 10.3. The van der Waals surface area contributed by atoms with Crippen LogP contribution >= 0.6 is 0 Å². The summed E-state index contributed by atoms with van der Waals surface area (Å²) in [5.41, 5.74) is 2.74. The molecule has 0 spiro atoms. The van der Waals surface area contributed by atoms with Gasteiger partial charge in [0.15, 0.2) is 0 Å². The van der Waals surface area contributed by atoms with Gasteiger partial charge in [0, 0.05) is 38.4 Å². The second-order valence-corrected chi connectivity index (χ2v) is 8.23. The molecule has 7 heteroatoms. The number of hydrogen-bond donors (Lipinski definition) is 0. The first-order chi connectivity index (χ1) is 16.1. The minimum Gasteiger partial charge on any atom is -0.339 e. The van der Waals surface area contributed by atoms with Crippen LogP contribution in [0.3, 0.4) is 0 Å². The number of benzene rings is 2. The molecule has 33 heavy (non-hydrogen) atoms. The van der Waals surface area contributed by atoms with Crippen molar-refractivity contribution in [2.45, 2.75) is 32.4 Å². The molecule has 3 aromatic rings. The van der Waals surface area contributed by atoms with Crippen LogP contribution in [0.4, 0.5) is 0 Å². The van der Waals surface area contributed by atoms with Crippen LogP contribution < -0.4 is 5.69 Å². The van der Waals surface area contributed by atoms with Crippen molar-refractivity contribution < 1.29 is 9.59 Å². The Hall–Kier alpha value is -3.74. The van der Waals surface area contributed by atoms with Crippen LogP contribution in [0.2, 0.25) is 0 Å². The highest BCUT2D eigenvalue weighted by atomic mass is 16.2. The van der Waals surface area contributed by atoms with E-state index in [-0.39, 0.29) is 18.4 Å². The SMILES string of the molecule is CCCN1CCN(C(=O)Cn2cccnc2=O)[C@@H](Cc2ccc(-c3ccccc3)cc2)C1=O. The molecule has 0 aliphatic carbocycles. The summed E-state index contributed by atoms with van der Waals surface area (Å²) in [6.07, 6.45) is 4.24. The van der Waals surface area contributed by atoms with Crippen molar-refractivity contribution in [2.75, 3.05) is 19.6 Å². The highest BCUT2D eigenvalue weighted by Crippen LogP contribution is 2.22. The molecule has 7 nitrogen and oxygen atoms in total. The molecule has 1 atom stereocenters. The van der Waals surface area contributed by atoms with E-state index < -0.39 is 11.7 Å². The Labute approximate surface area is 193 Å². The lowest BCUT2D eigenvalue weighted by Crippen LogP contribution is -2.60. The number of carbonyl (C=O) groups is 2. The Kier molecular flexibility index (Phi) is 6.98. The summed E-state index contributed by atoms with van der Waals surface area (Å²) in [6.45, 7) is 3.54. The van der Waals surface area contributed by atoms with E-state index in [1.165, 1.54) is 10.8 Å². The lowest BCUT2D eigenvalue weighted by Gasteiger charge is -2.41. The largest absolute Gasteiger partial charge is 0.347 e. The van der Waals surface area contributed by atoms with Crippen molar-refractivity contribution in [2.24, 2.45) is 0 Å². The number of amides is 2. The smallest absolute Gasteiger partial charge is 0.339 e. The van der Waals surface area contributed by atoms with E-state index in [2.05, 4.69) is 17.1 Å². The van der Waals surface area contributed by atoms with Crippen molar-refractivity contribution in [3.63, 3.8) is 0 Å². The third-order valence-corrected chi connectivity index (χ3v) is 5.98. The molecule has 0 N–H and O–H groups in total. The van der Waals surface area contributed by atoms with Gasteiger partial charge in [0.05, 0.1) is 0 Å². The van der Waals surface area contributed by atoms with E-state index in [1.54, 1.807) is 17.2 Å². The van der Waals surface area contributed by atoms with Gasteiger partial charge < -0.3 is 9.80 Å². The van der Waals surface area contributed by atoms with Crippen molar-refractivity contribution in [3.8, 4) is 11.1 Å². The Morgan fingerprint density at radius 1 is 0.970 bits per heavy atom. The lowest BCUT2D eigenvalue weighted by atomic mass is 9.98. The van der Waals surface area contributed by atoms with Crippen LogP contribution in [0.1, 0.15) is 18.9 Å². The third kappa shape index (κ3) is 5.19. The summed E-state index contributed by atoms with van der Waals surface area (Å²) in [7, 11) is 0. The van der Waals surface area contributed by atoms with Gasteiger partial charge in [-0.1, -0.05) is 61.5 Å². The lowest BCUT2D eigenvalue weighted by molar-refractivity contribution is -0.151. The predicted octanol–water partition coefficient (Wildman–Crippen LogP) is 2.60. The molecule has 0 bridgehead atoms. The van der Waals surface area contributed by atoms with Crippen LogP contribution in [0.25, 0.3) is 11.1 Å². The maximum atomic E-state index is 13.3. The molecule has 0 unspecified atom stereocenters. The maximum absolute atomic E-state index is 13.3. The van der Waals surface area contributed by atoms with Gasteiger partial charge in [-0.05, 0) is 29.2 Å². The Bertz CT molecular complexity index is 1160. The summed E-state index contributed by atoms with van der Waals surface area (Å²) < 4.78 is 1.27. The van der Waals surface area contributed by atoms with E-state index in [0.717, 1.165) is 23.1 Å². The van der Waals surface area contributed by atoms with Gasteiger partial charge >= 0.3 is 5.69 Å². The molecule has 0 saturated carbocycles. The minimum absolute atomic E-state index is 0.0397. The summed E-state index contributed by atoms with van der Waals surface area (Å²) >= 11 is 0. The summed E-state index contributed by atoms with van der Waals surface area (Å²) in [4.78, 5) is 45.6. The van der Waals surface area contributed by atoms with E-state index in [0.29, 0.717) is 26.1 Å². The van der Waals surface area contributed by atoms with Crippen LogP contribution in [0, 0.1) is 0 Å². The molecule has 1 aliphatic rings. The minimum atomic E-state index is -0.590. The second-order valence-electron chi connectivity index (χ2n) is 8.23. The van der Waals surface area contributed by atoms with Crippen LogP contribution in [0.15, 0.2) is 77.9 Å². The fraction of sp³-hybridized carbons (Fsp3) is 0.308. The zero-order valence-corrected chi connectivity index (χ0v) is 18.8. The fourth-order valence-corrected chi connectivity index (χ4v) is 4.26. The van der Waals surface area contributed by atoms with E-state index in [4.69, 9.17) is 0 Å². The monoisotopic (exact) mass is 444 g/mol. The molecular weight excluding hydrogens is 416 g/mol. The average Bonchev–Trinajstić information content (AvgIpc) is 2.84. The van der Waals surface area contributed by atoms with Crippen LogP contribution in [-0.2, 0) is 22.6 Å². The van der Waals surface area contributed by atoms with Crippen molar-refractivity contribution >= 4 is 11.8 Å². The normalized spacial score (nSPS) is 16.2. The van der Waals surface area contributed by atoms with Gasteiger partial charge in [0.2, 0.25) is 11.8 Å². The van der Waals surface area contributed by atoms with E-state index >= 15 is 0 Å². The summed E-state index contributed by atoms with van der Waals surface area (Å²) in [5.74, 6) is -0.289. The van der Waals surface area contributed by atoms with E-state index in [1.807, 2.05) is 54.3 Å².